The normalized spacial score (nSPS) is 18.4. The summed E-state index contributed by atoms with van der Waals surface area (Å²) < 4.78 is 65.0. The molecule has 6 rings (SSSR count). The number of methoxy groups -OCH3 is 1. The molecule has 0 radical (unpaired) electrons. The number of amides is 2. The fourth-order valence-electron chi connectivity index (χ4n) is 5.50. The number of fused-ring (bicyclic) bond motifs is 3. The molecule has 9 nitrogen and oxygen atoms in total. The zero-order chi connectivity index (χ0) is 30.3. The van der Waals surface area contributed by atoms with Crippen LogP contribution in [0.25, 0.3) is 10.2 Å². The molecule has 2 aromatic carbocycles. The van der Waals surface area contributed by atoms with E-state index in [2.05, 4.69) is 20.5 Å². The van der Waals surface area contributed by atoms with E-state index in [0.29, 0.717) is 53.1 Å². The number of hydrogen-bond donors (Lipinski definition) is 2. The van der Waals surface area contributed by atoms with E-state index in [9.17, 15) is 27.2 Å². The zero-order valence-electron chi connectivity index (χ0n) is 22.7. The number of thiazole rings is 1. The van der Waals surface area contributed by atoms with Crippen molar-refractivity contribution < 1.29 is 36.6 Å². The molecule has 2 fully saturated rings. The van der Waals surface area contributed by atoms with Gasteiger partial charge in [-0.25, -0.2) is 9.37 Å². The van der Waals surface area contributed by atoms with Crippen molar-refractivity contribution in [3.8, 4) is 5.75 Å². The van der Waals surface area contributed by atoms with E-state index >= 15 is 0 Å². The molecule has 0 saturated carbocycles. The lowest BCUT2D eigenvalue weighted by Gasteiger charge is -2.41. The molecule has 2 saturated heterocycles. The van der Waals surface area contributed by atoms with Crippen molar-refractivity contribution in [1.82, 2.24) is 9.97 Å². The van der Waals surface area contributed by atoms with Crippen LogP contribution >= 0.6 is 11.3 Å². The van der Waals surface area contributed by atoms with Gasteiger partial charge in [0.25, 0.3) is 11.8 Å². The van der Waals surface area contributed by atoms with Crippen LogP contribution in [-0.2, 0) is 10.9 Å². The summed E-state index contributed by atoms with van der Waals surface area (Å²) in [5.74, 6) is -1.75. The third-order valence-corrected chi connectivity index (χ3v) is 8.55. The van der Waals surface area contributed by atoms with Gasteiger partial charge in [0.1, 0.15) is 17.1 Å². The third-order valence-electron chi connectivity index (χ3n) is 7.40. The highest BCUT2D eigenvalue weighted by Crippen LogP contribution is 2.39. The standard InChI is InChI=1S/C29H25F4N5O4S/c1-41-23-5-4-21-25(43-28(37-21)38-11-15-8-16(12-38)14-42-13-15)24(23)27(40)36-22-10-34-7-6-18(22)26(39)35-17-2-3-20(30)19(9-17)29(31,32)33/h2-7,9-10,15-16H,8,11-14H2,1H3,(H,35,39)(H,36,40). The quantitative estimate of drug-likeness (QED) is 0.263. The molecule has 2 N–H and O–H groups in total. The fraction of sp³-hybridized carbons (Fsp3) is 0.310. The Morgan fingerprint density at radius 1 is 1.07 bits per heavy atom. The molecule has 0 aliphatic carbocycles. The SMILES string of the molecule is COc1ccc2nc(N3CC4COCC(C4)C3)sc2c1C(=O)Nc1cnccc1C(=O)Nc1ccc(F)c(C(F)(F)F)c1. The molecule has 2 bridgehead atoms. The van der Waals surface area contributed by atoms with E-state index < -0.39 is 29.4 Å². The number of nitrogens with one attached hydrogen (secondary N) is 2. The Kier molecular flexibility index (Phi) is 7.65. The van der Waals surface area contributed by atoms with Crippen LogP contribution in [0.5, 0.6) is 5.75 Å². The number of hydrogen-bond acceptors (Lipinski definition) is 8. The summed E-state index contributed by atoms with van der Waals surface area (Å²) in [4.78, 5) is 37.8. The minimum Gasteiger partial charge on any atom is -0.496 e. The largest absolute Gasteiger partial charge is 0.496 e. The van der Waals surface area contributed by atoms with Crippen molar-refractivity contribution in [1.29, 1.82) is 0 Å². The Morgan fingerprint density at radius 2 is 1.84 bits per heavy atom. The predicted molar refractivity (Wildman–Crippen MR) is 152 cm³/mol. The summed E-state index contributed by atoms with van der Waals surface area (Å²) >= 11 is 1.37. The van der Waals surface area contributed by atoms with Crippen molar-refractivity contribution in [3.05, 3.63) is 71.3 Å². The number of piperidine rings is 1. The van der Waals surface area contributed by atoms with Crippen molar-refractivity contribution >= 4 is 49.9 Å². The van der Waals surface area contributed by atoms with Gasteiger partial charge in [-0.15, -0.1) is 0 Å². The molecule has 224 valence electrons. The number of carbonyl (C=O) groups is 2. The van der Waals surface area contributed by atoms with E-state index in [4.69, 9.17) is 14.5 Å². The van der Waals surface area contributed by atoms with Crippen LogP contribution in [0.1, 0.15) is 32.7 Å². The van der Waals surface area contributed by atoms with Gasteiger partial charge in [-0.05, 0) is 42.8 Å². The van der Waals surface area contributed by atoms with E-state index in [1.54, 1.807) is 12.1 Å². The first-order chi connectivity index (χ1) is 20.6. The molecular weight excluding hydrogens is 590 g/mol. The number of pyridine rings is 1. The maximum atomic E-state index is 13.7. The maximum Gasteiger partial charge on any atom is 0.419 e. The van der Waals surface area contributed by atoms with Gasteiger partial charge in [-0.1, -0.05) is 11.3 Å². The minimum atomic E-state index is -4.95. The second-order valence-corrected chi connectivity index (χ2v) is 11.4. The summed E-state index contributed by atoms with van der Waals surface area (Å²) in [7, 11) is 1.44. The first-order valence-corrected chi connectivity index (χ1v) is 14.2. The fourth-order valence-corrected chi connectivity index (χ4v) is 6.61. The maximum absolute atomic E-state index is 13.7. The first kappa shape index (κ1) is 28.8. The molecule has 4 aromatic rings. The summed E-state index contributed by atoms with van der Waals surface area (Å²) in [5, 5.41) is 5.81. The first-order valence-electron chi connectivity index (χ1n) is 13.3. The van der Waals surface area contributed by atoms with Gasteiger partial charge in [0.2, 0.25) is 0 Å². The van der Waals surface area contributed by atoms with Crippen molar-refractivity contribution in [2.45, 2.75) is 12.6 Å². The van der Waals surface area contributed by atoms with Crippen LogP contribution in [0.15, 0.2) is 48.8 Å². The monoisotopic (exact) mass is 615 g/mol. The molecule has 14 heteroatoms. The molecule has 2 aliphatic heterocycles. The van der Waals surface area contributed by atoms with Gasteiger partial charge in [0.05, 0.1) is 53.6 Å². The summed E-state index contributed by atoms with van der Waals surface area (Å²) in [5.41, 5.74) is -1.02. The topological polar surface area (TPSA) is 106 Å². The van der Waals surface area contributed by atoms with Crippen molar-refractivity contribution in [3.63, 3.8) is 0 Å². The molecule has 43 heavy (non-hydrogen) atoms. The van der Waals surface area contributed by atoms with Gasteiger partial charge in [0.15, 0.2) is 5.13 Å². The summed E-state index contributed by atoms with van der Waals surface area (Å²) in [6, 6.07) is 6.86. The lowest BCUT2D eigenvalue weighted by molar-refractivity contribution is -0.139. The second-order valence-electron chi connectivity index (χ2n) is 10.4. The highest BCUT2D eigenvalue weighted by molar-refractivity contribution is 7.22. The van der Waals surface area contributed by atoms with Gasteiger partial charge in [-0.3, -0.25) is 14.6 Å². The average molecular weight is 616 g/mol. The van der Waals surface area contributed by atoms with Crippen LogP contribution in [0.4, 0.5) is 34.1 Å². The Hall–Kier alpha value is -4.30. The minimum absolute atomic E-state index is 0.0100. The second kappa shape index (κ2) is 11.4. The van der Waals surface area contributed by atoms with E-state index in [1.807, 2.05) is 0 Å². The highest BCUT2D eigenvalue weighted by Gasteiger charge is 2.35. The van der Waals surface area contributed by atoms with E-state index in [-0.39, 0.29) is 22.5 Å². The molecule has 4 heterocycles. The number of benzene rings is 2. The van der Waals surface area contributed by atoms with E-state index in [1.165, 1.54) is 36.9 Å². The number of rotatable bonds is 6. The van der Waals surface area contributed by atoms with Crippen LogP contribution in [0, 0.1) is 17.7 Å². The van der Waals surface area contributed by atoms with Crippen LogP contribution in [0.3, 0.4) is 0 Å². The number of nitrogens with zero attached hydrogens (tertiary/aromatic N) is 3. The zero-order valence-corrected chi connectivity index (χ0v) is 23.5. The van der Waals surface area contributed by atoms with Crippen molar-refractivity contribution in [2.75, 3.05) is 48.9 Å². The number of anilines is 3. The van der Waals surface area contributed by atoms with Crippen LogP contribution in [0.2, 0.25) is 0 Å². The molecule has 2 amide bonds. The smallest absolute Gasteiger partial charge is 0.419 e. The number of carbonyl (C=O) groups excluding carboxylic acids is 2. The number of halogens is 4. The Labute approximate surface area is 246 Å². The van der Waals surface area contributed by atoms with Gasteiger partial charge in [-0.2, -0.15) is 13.2 Å². The van der Waals surface area contributed by atoms with E-state index in [0.717, 1.165) is 30.7 Å². The van der Waals surface area contributed by atoms with Gasteiger partial charge < -0.3 is 25.0 Å². The molecule has 2 unspecified atom stereocenters. The number of ether oxygens (including phenoxy) is 2. The highest BCUT2D eigenvalue weighted by atomic mass is 32.1. The van der Waals surface area contributed by atoms with Crippen molar-refractivity contribution in [2.24, 2.45) is 11.8 Å². The van der Waals surface area contributed by atoms with Crippen LogP contribution in [-0.4, -0.2) is 55.2 Å². The predicted octanol–water partition coefficient (Wildman–Crippen LogP) is 5.84. The lowest BCUT2D eigenvalue weighted by atomic mass is 9.88. The Morgan fingerprint density at radius 3 is 2.56 bits per heavy atom. The van der Waals surface area contributed by atoms with Gasteiger partial charge in [0, 0.05) is 36.8 Å². The molecule has 0 spiro atoms. The average Bonchev–Trinajstić information content (AvgIpc) is 3.41. The number of aromatic nitrogens is 2. The molecular formula is C29H25F4N5O4S. The Bertz CT molecular complexity index is 1700. The molecule has 2 aromatic heterocycles. The summed E-state index contributed by atoms with van der Waals surface area (Å²) in [6.07, 6.45) is -1.28. The lowest BCUT2D eigenvalue weighted by Crippen LogP contribution is -2.46. The molecule has 2 atom stereocenters. The number of alkyl halides is 3. The van der Waals surface area contributed by atoms with Crippen LogP contribution < -0.4 is 20.3 Å². The Balaban J connectivity index is 1.27. The van der Waals surface area contributed by atoms with Gasteiger partial charge >= 0.3 is 6.18 Å². The molecule has 2 aliphatic rings. The third kappa shape index (κ3) is 5.84. The summed E-state index contributed by atoms with van der Waals surface area (Å²) in [6.45, 7) is 3.04.